The molecule has 0 saturated heterocycles. The minimum atomic E-state index is -4.72. The number of phosphoric ester groups is 1. The number of amides is 1. The summed E-state index contributed by atoms with van der Waals surface area (Å²) < 4.78 is 30.3. The summed E-state index contributed by atoms with van der Waals surface area (Å²) in [4.78, 5) is 40.1. The lowest BCUT2D eigenvalue weighted by Gasteiger charge is -2.30. The minimum absolute atomic E-state index is 0.0354. The van der Waals surface area contributed by atoms with E-state index in [9.17, 15) is 19.0 Å². The molecule has 0 aromatic carbocycles. The summed E-state index contributed by atoms with van der Waals surface area (Å²) in [5, 5.41) is 3.02. The fourth-order valence-electron chi connectivity index (χ4n) is 8.73. The summed E-state index contributed by atoms with van der Waals surface area (Å²) >= 11 is 0. The van der Waals surface area contributed by atoms with Crippen LogP contribution in [0.25, 0.3) is 0 Å². The second kappa shape index (κ2) is 57.9. The van der Waals surface area contributed by atoms with Crippen LogP contribution in [0.5, 0.6) is 0 Å². The van der Waals surface area contributed by atoms with E-state index in [0.29, 0.717) is 23.9 Å². The van der Waals surface area contributed by atoms with Crippen LogP contribution in [0.1, 0.15) is 265 Å². The van der Waals surface area contributed by atoms with Gasteiger partial charge in [-0.2, -0.15) is 0 Å². The van der Waals surface area contributed by atoms with Crippen molar-refractivity contribution < 1.29 is 37.3 Å². The van der Waals surface area contributed by atoms with Crippen molar-refractivity contribution in [2.45, 2.75) is 277 Å². The summed E-state index contributed by atoms with van der Waals surface area (Å²) in [7, 11) is 1.15. The Morgan fingerprint density at radius 2 is 0.810 bits per heavy atom. The molecule has 0 aromatic heterocycles. The van der Waals surface area contributed by atoms with E-state index >= 15 is 0 Å². The molecule has 0 aliphatic rings. The number of likely N-dealkylation sites (N-methyl/N-ethyl adjacent to an activating group) is 1. The molecule has 454 valence electrons. The zero-order valence-electron chi connectivity index (χ0n) is 51.8. The molecule has 79 heavy (non-hydrogen) atoms. The fraction of sp³-hybridized carbons (Fsp3) is 0.710. The van der Waals surface area contributed by atoms with Gasteiger partial charge in [-0.15, -0.1) is 0 Å². The molecular weight excluding hydrogens is 1000 g/mol. The van der Waals surface area contributed by atoms with Crippen molar-refractivity contribution in [1.82, 2.24) is 5.32 Å². The molecule has 0 aliphatic heterocycles. The van der Waals surface area contributed by atoms with E-state index in [1.54, 1.807) is 0 Å². The van der Waals surface area contributed by atoms with Gasteiger partial charge in [-0.25, -0.2) is 0 Å². The zero-order valence-corrected chi connectivity index (χ0v) is 52.7. The normalized spacial score (nSPS) is 14.4. The highest BCUT2D eigenvalue weighted by Crippen LogP contribution is 2.38. The van der Waals surface area contributed by atoms with Crippen LogP contribution in [-0.4, -0.2) is 69.4 Å². The van der Waals surface area contributed by atoms with Gasteiger partial charge in [0.1, 0.15) is 19.3 Å². The number of carbonyl (C=O) groups excluding carboxylic acids is 2. The number of ether oxygens (including phenoxy) is 1. The van der Waals surface area contributed by atoms with E-state index in [4.69, 9.17) is 13.8 Å². The first kappa shape index (κ1) is 75.7. The van der Waals surface area contributed by atoms with Gasteiger partial charge in [0.15, 0.2) is 0 Å². The first-order chi connectivity index (χ1) is 38.4. The first-order valence-corrected chi connectivity index (χ1v) is 33.7. The van der Waals surface area contributed by atoms with Crippen molar-refractivity contribution >= 4 is 19.7 Å². The highest BCUT2D eigenvalue weighted by Gasteiger charge is 2.27. The molecule has 1 amide bonds. The number of nitrogens with zero attached hydrogens (tertiary/aromatic N) is 1. The summed E-state index contributed by atoms with van der Waals surface area (Å²) in [6, 6.07) is -0.916. The van der Waals surface area contributed by atoms with Gasteiger partial charge in [-0.3, -0.25) is 14.2 Å². The molecule has 0 radical (unpaired) electrons. The number of hydrogen-bond donors (Lipinski definition) is 1. The van der Waals surface area contributed by atoms with Crippen LogP contribution in [0.2, 0.25) is 0 Å². The average molecular weight is 1120 g/mol. The highest BCUT2D eigenvalue weighted by molar-refractivity contribution is 7.45. The van der Waals surface area contributed by atoms with Gasteiger partial charge in [-0.05, 0) is 115 Å². The Morgan fingerprint density at radius 1 is 0.456 bits per heavy atom. The number of phosphoric acid groups is 1. The SMILES string of the molecule is CC/C=C\C/C=C\C/C=C\C/C=C\C/C=C\C/C=C\CCCCC(=O)OC(/C=C/CCCCCCCCCCCCC)C(COP(=O)([O-])OCC[N+](C)(C)C)NC(=O)CCCCCCCCCCC/C=C\C/C=C\CCCCC. The van der Waals surface area contributed by atoms with Crippen LogP contribution in [0.3, 0.4) is 0 Å². The predicted molar refractivity (Wildman–Crippen MR) is 339 cm³/mol. The second-order valence-electron chi connectivity index (χ2n) is 22.5. The molecule has 3 unspecified atom stereocenters. The van der Waals surface area contributed by atoms with Crippen LogP contribution in [0.4, 0.5) is 0 Å². The summed E-state index contributed by atoms with van der Waals surface area (Å²) in [5.74, 6) is -0.599. The van der Waals surface area contributed by atoms with Crippen molar-refractivity contribution in [3.63, 3.8) is 0 Å². The number of rotatable bonds is 57. The second-order valence-corrected chi connectivity index (χ2v) is 23.9. The summed E-state index contributed by atoms with van der Waals surface area (Å²) in [6.45, 7) is 6.67. The Labute approximate surface area is 487 Å². The highest BCUT2D eigenvalue weighted by atomic mass is 31.2. The Balaban J connectivity index is 5.35. The molecular formula is C69H121N2O7P. The topological polar surface area (TPSA) is 114 Å². The maximum atomic E-state index is 13.6. The Hall–Kier alpha value is -3.33. The van der Waals surface area contributed by atoms with Crippen LogP contribution >= 0.6 is 7.82 Å². The van der Waals surface area contributed by atoms with Gasteiger partial charge in [0, 0.05) is 12.8 Å². The van der Waals surface area contributed by atoms with Gasteiger partial charge < -0.3 is 28.5 Å². The van der Waals surface area contributed by atoms with Crippen LogP contribution in [0.15, 0.2) is 109 Å². The Morgan fingerprint density at radius 3 is 1.25 bits per heavy atom. The van der Waals surface area contributed by atoms with Crippen molar-refractivity contribution in [2.75, 3.05) is 40.9 Å². The molecule has 0 rings (SSSR count). The van der Waals surface area contributed by atoms with Gasteiger partial charge in [0.05, 0.1) is 33.8 Å². The number of carbonyl (C=O) groups is 2. The summed E-state index contributed by atoms with van der Waals surface area (Å²) in [5.41, 5.74) is 0. The van der Waals surface area contributed by atoms with Crippen LogP contribution in [-0.2, 0) is 27.9 Å². The number of esters is 1. The van der Waals surface area contributed by atoms with E-state index in [0.717, 1.165) is 109 Å². The molecule has 0 fully saturated rings. The maximum absolute atomic E-state index is 13.6. The molecule has 0 aliphatic carbocycles. The third-order valence-corrected chi connectivity index (χ3v) is 14.7. The predicted octanol–water partition coefficient (Wildman–Crippen LogP) is 19.5. The van der Waals surface area contributed by atoms with Crippen LogP contribution in [0, 0.1) is 0 Å². The first-order valence-electron chi connectivity index (χ1n) is 32.2. The molecule has 0 bridgehead atoms. The lowest BCUT2D eigenvalue weighted by Crippen LogP contribution is -2.47. The lowest BCUT2D eigenvalue weighted by molar-refractivity contribution is -0.870. The van der Waals surface area contributed by atoms with Gasteiger partial charge in [-0.1, -0.05) is 246 Å². The third-order valence-electron chi connectivity index (χ3n) is 13.7. The molecule has 10 heteroatoms. The molecule has 0 saturated carbocycles. The van der Waals surface area contributed by atoms with E-state index in [-0.39, 0.29) is 24.9 Å². The van der Waals surface area contributed by atoms with Crippen LogP contribution < -0.4 is 10.2 Å². The monoisotopic (exact) mass is 1120 g/mol. The number of hydrogen-bond acceptors (Lipinski definition) is 7. The molecule has 0 spiro atoms. The van der Waals surface area contributed by atoms with Crippen molar-refractivity contribution in [2.24, 2.45) is 0 Å². The quantitative estimate of drug-likeness (QED) is 0.0212. The minimum Gasteiger partial charge on any atom is -0.756 e. The lowest BCUT2D eigenvalue weighted by atomic mass is 10.0. The van der Waals surface area contributed by atoms with Crippen molar-refractivity contribution in [3.8, 4) is 0 Å². The van der Waals surface area contributed by atoms with Gasteiger partial charge in [0.25, 0.3) is 7.82 Å². The molecule has 0 aromatic rings. The van der Waals surface area contributed by atoms with E-state index < -0.39 is 26.6 Å². The molecule has 0 heterocycles. The van der Waals surface area contributed by atoms with Gasteiger partial charge in [0.2, 0.25) is 5.91 Å². The maximum Gasteiger partial charge on any atom is 0.306 e. The van der Waals surface area contributed by atoms with Crippen molar-refractivity contribution in [1.29, 1.82) is 0 Å². The smallest absolute Gasteiger partial charge is 0.306 e. The average Bonchev–Trinajstić information content (AvgIpc) is 3.41. The zero-order chi connectivity index (χ0) is 57.9. The van der Waals surface area contributed by atoms with E-state index in [2.05, 4.69) is 123 Å². The van der Waals surface area contributed by atoms with Crippen molar-refractivity contribution in [3.05, 3.63) is 109 Å². The van der Waals surface area contributed by atoms with E-state index in [1.165, 1.54) is 116 Å². The molecule has 1 N–H and O–H groups in total. The number of allylic oxidation sites excluding steroid dienone is 17. The van der Waals surface area contributed by atoms with E-state index in [1.807, 2.05) is 33.3 Å². The number of nitrogens with one attached hydrogen (secondary N) is 1. The van der Waals surface area contributed by atoms with Gasteiger partial charge >= 0.3 is 5.97 Å². The third kappa shape index (κ3) is 59.1. The summed E-state index contributed by atoms with van der Waals surface area (Å²) in [6.07, 6.45) is 79.1. The molecule has 3 atom stereocenters. The Kier molecular flexibility index (Phi) is 55.4. The Bertz CT molecular complexity index is 1720. The fourth-order valence-corrected chi connectivity index (χ4v) is 9.45. The largest absolute Gasteiger partial charge is 0.756 e. The number of unbranched alkanes of at least 4 members (excludes halogenated alkanes) is 25. The molecule has 9 nitrogen and oxygen atoms in total. The number of quaternary nitrogens is 1. The standard InChI is InChI=1S/C69H121N2O7P/c1-7-10-13-16-19-22-25-28-30-32-34-35-37-39-41-44-47-50-53-56-59-62-69(73)78-67(60-57-54-51-48-45-42-27-24-21-18-15-12-9-3)66(65-77-79(74,75)76-64-63-71(4,5)6)70-68(72)61-58-55-52-49-46-43-40-38-36-33-31-29-26-23-20-17-14-11-8-2/h10,13,19-20,22-23,28-31,34-35,39,41,47,50,57,60,66-67H,7-9,11-12,14-18,21,24-27,32-33,36-38,40,42-46,48-49,51-56,58-59,61-65H2,1-6H3,(H-,70,72,74,75)/b13-10-,22-19-,23-20-,30-28-,31-29-,35-34-,41-39-,50-47-,60-57+.